The summed E-state index contributed by atoms with van der Waals surface area (Å²) in [5, 5.41) is 6.30. The fourth-order valence-corrected chi connectivity index (χ4v) is 2.79. The Morgan fingerprint density at radius 1 is 1.19 bits per heavy atom. The number of piperazine rings is 1. The third-order valence-corrected chi connectivity index (χ3v) is 4.30. The maximum absolute atomic E-state index is 13.7. The van der Waals surface area contributed by atoms with E-state index >= 15 is 0 Å². The Labute approximate surface area is 176 Å². The first-order valence-electron chi connectivity index (χ1n) is 8.93. The van der Waals surface area contributed by atoms with E-state index in [1.54, 1.807) is 6.92 Å². The Morgan fingerprint density at radius 2 is 1.89 bits per heavy atom. The van der Waals surface area contributed by atoms with Gasteiger partial charge in [-0.2, -0.15) is 0 Å². The normalized spacial score (nSPS) is 15.3. The molecule has 0 aromatic heterocycles. The summed E-state index contributed by atoms with van der Waals surface area (Å²) < 4.78 is 26.9. The number of nitrogens with zero attached hydrogens (tertiary/aromatic N) is 3. The Hall–Kier alpha value is -1.49. The lowest BCUT2D eigenvalue weighted by atomic mass is 10.2. The minimum atomic E-state index is -0.473. The van der Waals surface area contributed by atoms with E-state index in [1.807, 2.05) is 11.8 Å². The van der Waals surface area contributed by atoms with Gasteiger partial charge in [0.05, 0.1) is 6.54 Å². The minimum Gasteiger partial charge on any atom is -0.357 e. The molecule has 0 saturated carbocycles. The Morgan fingerprint density at radius 3 is 2.52 bits per heavy atom. The van der Waals surface area contributed by atoms with Gasteiger partial charge in [0.1, 0.15) is 11.6 Å². The first-order valence-corrected chi connectivity index (χ1v) is 8.93. The zero-order valence-electron chi connectivity index (χ0n) is 15.8. The molecule has 1 aliphatic rings. The van der Waals surface area contributed by atoms with Crippen LogP contribution in [0.1, 0.15) is 19.4 Å². The van der Waals surface area contributed by atoms with Crippen molar-refractivity contribution in [3.05, 3.63) is 35.4 Å². The summed E-state index contributed by atoms with van der Waals surface area (Å²) >= 11 is 0. The molecule has 9 heteroatoms. The van der Waals surface area contributed by atoms with Crippen LogP contribution in [-0.4, -0.2) is 67.5 Å². The zero-order valence-corrected chi connectivity index (χ0v) is 18.1. The van der Waals surface area contributed by atoms with Gasteiger partial charge in [-0.1, -0.05) is 0 Å². The fraction of sp³-hybridized carbons (Fsp3) is 0.556. The van der Waals surface area contributed by atoms with Crippen LogP contribution in [0, 0.1) is 11.6 Å². The highest BCUT2D eigenvalue weighted by Gasteiger charge is 2.17. The van der Waals surface area contributed by atoms with Gasteiger partial charge >= 0.3 is 0 Å². The van der Waals surface area contributed by atoms with Crippen LogP contribution in [0.3, 0.4) is 0 Å². The molecule has 0 atom stereocenters. The van der Waals surface area contributed by atoms with E-state index in [4.69, 9.17) is 0 Å². The first-order chi connectivity index (χ1) is 12.5. The quantitative estimate of drug-likeness (QED) is 0.359. The highest BCUT2D eigenvalue weighted by Crippen LogP contribution is 2.10. The summed E-state index contributed by atoms with van der Waals surface area (Å²) in [6.07, 6.45) is 0. The van der Waals surface area contributed by atoms with Crippen molar-refractivity contribution in [2.45, 2.75) is 20.4 Å². The van der Waals surface area contributed by atoms with Crippen LogP contribution in [0.4, 0.5) is 8.78 Å². The summed E-state index contributed by atoms with van der Waals surface area (Å²) in [5.74, 6) is -0.249. The van der Waals surface area contributed by atoms with Gasteiger partial charge in [0, 0.05) is 58.3 Å². The van der Waals surface area contributed by atoms with Crippen molar-refractivity contribution in [2.75, 3.05) is 45.8 Å². The van der Waals surface area contributed by atoms with Gasteiger partial charge in [0.15, 0.2) is 5.96 Å². The third kappa shape index (κ3) is 7.96. The molecular formula is C18H28F2IN5O. The van der Waals surface area contributed by atoms with E-state index in [0.29, 0.717) is 19.0 Å². The first kappa shape index (κ1) is 23.5. The number of halogens is 3. The second-order valence-corrected chi connectivity index (χ2v) is 6.21. The maximum atomic E-state index is 13.7. The molecule has 6 nitrogen and oxygen atoms in total. The van der Waals surface area contributed by atoms with Gasteiger partial charge in [-0.15, -0.1) is 24.0 Å². The Bertz CT molecular complexity index is 636. The summed E-state index contributed by atoms with van der Waals surface area (Å²) in [6.45, 7) is 8.99. The largest absolute Gasteiger partial charge is 0.357 e. The van der Waals surface area contributed by atoms with Crippen molar-refractivity contribution in [1.29, 1.82) is 0 Å². The molecule has 1 aliphatic heterocycles. The summed E-state index contributed by atoms with van der Waals surface area (Å²) in [7, 11) is 0. The topological polar surface area (TPSA) is 60.0 Å². The van der Waals surface area contributed by atoms with Crippen molar-refractivity contribution in [3.63, 3.8) is 0 Å². The molecular weight excluding hydrogens is 467 g/mol. The maximum Gasteiger partial charge on any atom is 0.219 e. The second-order valence-electron chi connectivity index (χ2n) is 6.21. The third-order valence-electron chi connectivity index (χ3n) is 4.30. The molecule has 0 spiro atoms. The second kappa shape index (κ2) is 12.1. The monoisotopic (exact) mass is 495 g/mol. The smallest absolute Gasteiger partial charge is 0.219 e. The predicted molar refractivity (Wildman–Crippen MR) is 113 cm³/mol. The molecule has 1 amide bonds. The molecule has 152 valence electrons. The van der Waals surface area contributed by atoms with E-state index in [0.717, 1.165) is 50.9 Å². The van der Waals surface area contributed by atoms with E-state index in [1.165, 1.54) is 0 Å². The number of benzene rings is 1. The predicted octanol–water partition coefficient (Wildman–Crippen LogP) is 1.80. The number of carbonyl (C=O) groups excluding carboxylic acids is 1. The molecule has 1 saturated heterocycles. The number of carbonyl (C=O) groups is 1. The van der Waals surface area contributed by atoms with Crippen LogP contribution >= 0.6 is 24.0 Å². The summed E-state index contributed by atoms with van der Waals surface area (Å²) in [6, 6.07) is 3.37. The number of rotatable bonds is 6. The average molecular weight is 495 g/mol. The standard InChI is InChI=1S/C18H27F2N5O.HI/c1-3-21-18(23-13-15-12-16(19)4-5-17(15)20)22-6-7-24-8-10-25(11-9-24)14(2)26;/h4-5,12H,3,6-11,13H2,1-2H3,(H2,21,22,23);1H. The van der Waals surface area contributed by atoms with Crippen LogP contribution < -0.4 is 10.6 Å². The average Bonchev–Trinajstić information content (AvgIpc) is 2.62. The van der Waals surface area contributed by atoms with Gasteiger partial charge in [-0.3, -0.25) is 9.69 Å². The molecule has 1 heterocycles. The number of guanidine groups is 1. The lowest BCUT2D eigenvalue weighted by Gasteiger charge is -2.34. The van der Waals surface area contributed by atoms with Crippen molar-refractivity contribution >= 4 is 35.8 Å². The molecule has 0 bridgehead atoms. The van der Waals surface area contributed by atoms with Crippen molar-refractivity contribution < 1.29 is 13.6 Å². The van der Waals surface area contributed by atoms with Crippen LogP contribution in [0.2, 0.25) is 0 Å². The molecule has 1 fully saturated rings. The number of hydrogen-bond acceptors (Lipinski definition) is 3. The molecule has 1 aromatic carbocycles. The Balaban J connectivity index is 0.00000364. The van der Waals surface area contributed by atoms with E-state index in [-0.39, 0.29) is 42.0 Å². The number of hydrogen-bond donors (Lipinski definition) is 2. The molecule has 2 N–H and O–H groups in total. The van der Waals surface area contributed by atoms with Crippen LogP contribution in [0.25, 0.3) is 0 Å². The van der Waals surface area contributed by atoms with Crippen LogP contribution in [-0.2, 0) is 11.3 Å². The van der Waals surface area contributed by atoms with Gasteiger partial charge in [0.25, 0.3) is 0 Å². The van der Waals surface area contributed by atoms with Crippen LogP contribution in [0.5, 0.6) is 0 Å². The number of amides is 1. The number of aliphatic imine (C=N–C) groups is 1. The summed E-state index contributed by atoms with van der Waals surface area (Å²) in [5.41, 5.74) is 0.225. The van der Waals surface area contributed by atoms with Gasteiger partial charge in [-0.05, 0) is 25.1 Å². The fourth-order valence-electron chi connectivity index (χ4n) is 2.79. The molecule has 0 aliphatic carbocycles. The van der Waals surface area contributed by atoms with Gasteiger partial charge in [0.2, 0.25) is 5.91 Å². The molecule has 1 aromatic rings. The SMILES string of the molecule is CCNC(=NCc1cc(F)ccc1F)NCCN1CCN(C(C)=O)CC1.I. The lowest BCUT2D eigenvalue weighted by molar-refractivity contribution is -0.130. The van der Waals surface area contributed by atoms with Crippen molar-refractivity contribution in [2.24, 2.45) is 4.99 Å². The highest BCUT2D eigenvalue weighted by molar-refractivity contribution is 14.0. The lowest BCUT2D eigenvalue weighted by Crippen LogP contribution is -2.50. The molecule has 0 unspecified atom stereocenters. The van der Waals surface area contributed by atoms with Crippen molar-refractivity contribution in [1.82, 2.24) is 20.4 Å². The van der Waals surface area contributed by atoms with Crippen molar-refractivity contribution in [3.8, 4) is 0 Å². The molecule has 0 radical (unpaired) electrons. The zero-order chi connectivity index (χ0) is 18.9. The van der Waals surface area contributed by atoms with E-state index in [9.17, 15) is 13.6 Å². The van der Waals surface area contributed by atoms with Gasteiger partial charge < -0.3 is 15.5 Å². The molecule has 27 heavy (non-hydrogen) atoms. The number of nitrogens with one attached hydrogen (secondary N) is 2. The van der Waals surface area contributed by atoms with Crippen LogP contribution in [0.15, 0.2) is 23.2 Å². The summed E-state index contributed by atoms with van der Waals surface area (Å²) in [4.78, 5) is 19.8. The van der Waals surface area contributed by atoms with E-state index in [2.05, 4.69) is 20.5 Å². The highest BCUT2D eigenvalue weighted by atomic mass is 127. The molecule has 2 rings (SSSR count). The Kier molecular flexibility index (Phi) is 10.5. The van der Waals surface area contributed by atoms with E-state index < -0.39 is 11.6 Å². The van der Waals surface area contributed by atoms with Gasteiger partial charge in [-0.25, -0.2) is 13.8 Å². The minimum absolute atomic E-state index is 0.